The van der Waals surface area contributed by atoms with Crippen LogP contribution >= 0.6 is 0 Å². The summed E-state index contributed by atoms with van der Waals surface area (Å²) in [6, 6.07) is -0.671. The van der Waals surface area contributed by atoms with Gasteiger partial charge in [-0.2, -0.15) is 0 Å². The number of ether oxygens (including phenoxy) is 1. The second-order valence-electron chi connectivity index (χ2n) is 3.43. The van der Waals surface area contributed by atoms with Crippen LogP contribution in [0.15, 0.2) is 4.99 Å². The summed E-state index contributed by atoms with van der Waals surface area (Å²) in [5.74, 6) is -0.234. The van der Waals surface area contributed by atoms with Crippen molar-refractivity contribution in [2.24, 2.45) is 10.7 Å². The number of urea groups is 1. The average molecular weight is 248 g/mol. The van der Waals surface area contributed by atoms with Crippen LogP contribution in [0, 0.1) is 0 Å². The van der Waals surface area contributed by atoms with E-state index in [1.54, 1.807) is 0 Å². The molecule has 0 aromatic heterocycles. The number of hydrogen-bond donors (Lipinski definition) is 6. The van der Waals surface area contributed by atoms with E-state index in [9.17, 15) is 9.90 Å². The maximum atomic E-state index is 11.3. The van der Waals surface area contributed by atoms with Crippen molar-refractivity contribution >= 4 is 12.0 Å². The molecule has 0 bridgehead atoms. The van der Waals surface area contributed by atoms with Gasteiger partial charge >= 0.3 is 6.03 Å². The maximum Gasteiger partial charge on any atom is 0.323 e. The van der Waals surface area contributed by atoms with Crippen LogP contribution in [0.4, 0.5) is 4.79 Å². The molecule has 7 N–H and O–H groups in total. The van der Waals surface area contributed by atoms with Gasteiger partial charge in [0.2, 0.25) is 0 Å². The molecule has 3 unspecified atom stereocenters. The largest absolute Gasteiger partial charge is 0.394 e. The lowest BCUT2D eigenvalue weighted by Gasteiger charge is -2.13. The predicted octanol–water partition coefficient (Wildman–Crippen LogP) is -2.98. The zero-order valence-electron chi connectivity index (χ0n) is 9.04. The third kappa shape index (κ3) is 4.15. The third-order valence-electron chi connectivity index (χ3n) is 2.18. The average Bonchev–Trinajstić information content (AvgIpc) is 2.58. The van der Waals surface area contributed by atoms with Gasteiger partial charge in [-0.15, -0.1) is 0 Å². The van der Waals surface area contributed by atoms with Crippen LogP contribution in [0.3, 0.4) is 0 Å². The van der Waals surface area contributed by atoms with Crippen LogP contribution < -0.4 is 16.4 Å². The number of rotatable bonds is 3. The van der Waals surface area contributed by atoms with E-state index < -0.39 is 31.2 Å². The van der Waals surface area contributed by atoms with Crippen LogP contribution in [0.2, 0.25) is 0 Å². The van der Waals surface area contributed by atoms with Crippen molar-refractivity contribution in [1.82, 2.24) is 10.6 Å². The van der Waals surface area contributed by atoms with Crippen molar-refractivity contribution in [3.8, 4) is 0 Å². The number of carbonyl (C=O) groups excluding carboxylic acids is 1. The Hall–Kier alpha value is -1.42. The summed E-state index contributed by atoms with van der Waals surface area (Å²) in [6.07, 6.45) is -2.06. The lowest BCUT2D eigenvalue weighted by molar-refractivity contribution is -0.0271. The van der Waals surface area contributed by atoms with Crippen molar-refractivity contribution in [3.63, 3.8) is 0 Å². The van der Waals surface area contributed by atoms with Crippen molar-refractivity contribution in [3.05, 3.63) is 0 Å². The number of nitrogens with zero attached hydrogens (tertiary/aromatic N) is 1. The van der Waals surface area contributed by atoms with Gasteiger partial charge in [-0.05, 0) is 0 Å². The molecule has 1 saturated heterocycles. The number of guanidine groups is 1. The minimum absolute atomic E-state index is 0.176. The normalized spacial score (nSPS) is 29.1. The van der Waals surface area contributed by atoms with E-state index in [0.29, 0.717) is 0 Å². The zero-order valence-corrected chi connectivity index (χ0v) is 9.04. The molecule has 1 heterocycles. The Labute approximate surface area is 97.3 Å². The van der Waals surface area contributed by atoms with Gasteiger partial charge in [-0.1, -0.05) is 0 Å². The molecule has 0 aromatic carbocycles. The standard InChI is InChI=1S/C8H16N4O5/c9-7(10-3-14)12-8(16)11-6-1-4(15)5(2-13)17-6/h4-6,13-15H,1-3H2,(H4,9,10,11,12,16). The monoisotopic (exact) mass is 248 g/mol. The molecule has 0 aromatic rings. The van der Waals surface area contributed by atoms with Gasteiger partial charge in [0.25, 0.3) is 0 Å². The molecular formula is C8H16N4O5. The van der Waals surface area contributed by atoms with Crippen LogP contribution in [0.25, 0.3) is 0 Å². The molecule has 2 amide bonds. The van der Waals surface area contributed by atoms with Crippen molar-refractivity contribution < 1.29 is 24.9 Å². The summed E-state index contributed by atoms with van der Waals surface area (Å²) in [6.45, 7) is -0.855. The first-order valence-electron chi connectivity index (χ1n) is 4.99. The number of aliphatic hydroxyl groups excluding tert-OH is 3. The Balaban J connectivity index is 2.35. The van der Waals surface area contributed by atoms with E-state index in [1.807, 2.05) is 0 Å². The lowest BCUT2D eigenvalue weighted by Crippen LogP contribution is -2.47. The second kappa shape index (κ2) is 6.35. The van der Waals surface area contributed by atoms with E-state index >= 15 is 0 Å². The van der Waals surface area contributed by atoms with E-state index in [2.05, 4.69) is 15.6 Å². The number of aliphatic imine (C=N–C) groups is 1. The lowest BCUT2D eigenvalue weighted by atomic mass is 10.2. The molecule has 0 saturated carbocycles. The maximum absolute atomic E-state index is 11.3. The van der Waals surface area contributed by atoms with Crippen molar-refractivity contribution in [2.75, 3.05) is 13.3 Å². The quantitative estimate of drug-likeness (QED) is 0.232. The summed E-state index contributed by atoms with van der Waals surface area (Å²) >= 11 is 0. The molecule has 98 valence electrons. The third-order valence-corrected chi connectivity index (χ3v) is 2.18. The Bertz CT molecular complexity index is 298. The first-order chi connectivity index (χ1) is 8.06. The topological polar surface area (TPSA) is 149 Å². The summed E-state index contributed by atoms with van der Waals surface area (Å²) in [5, 5.41) is 31.2. The number of amides is 2. The molecule has 1 rings (SSSR count). The Morgan fingerprint density at radius 3 is 2.76 bits per heavy atom. The van der Waals surface area contributed by atoms with Gasteiger partial charge in [0.1, 0.15) is 19.1 Å². The molecule has 0 radical (unpaired) electrons. The first-order valence-corrected chi connectivity index (χ1v) is 4.99. The molecule has 0 aliphatic carbocycles. The molecule has 3 atom stereocenters. The number of nitrogens with two attached hydrogens (primary N) is 1. The molecule has 1 aliphatic heterocycles. The fourth-order valence-corrected chi connectivity index (χ4v) is 1.40. The molecular weight excluding hydrogens is 232 g/mol. The number of hydrogen-bond acceptors (Lipinski definition) is 6. The highest BCUT2D eigenvalue weighted by atomic mass is 16.5. The first kappa shape index (κ1) is 13.6. The van der Waals surface area contributed by atoms with Gasteiger partial charge in [0.05, 0.1) is 12.7 Å². The smallest absolute Gasteiger partial charge is 0.323 e. The summed E-state index contributed by atoms with van der Waals surface area (Å²) in [4.78, 5) is 14.6. The summed E-state index contributed by atoms with van der Waals surface area (Å²) in [5.41, 5.74) is 5.23. The van der Waals surface area contributed by atoms with Crippen LogP contribution in [-0.2, 0) is 4.74 Å². The predicted molar refractivity (Wildman–Crippen MR) is 56.7 cm³/mol. The minimum Gasteiger partial charge on any atom is -0.394 e. The highest BCUT2D eigenvalue weighted by Crippen LogP contribution is 2.17. The Morgan fingerprint density at radius 1 is 1.53 bits per heavy atom. The van der Waals surface area contributed by atoms with Gasteiger partial charge in [0.15, 0.2) is 5.96 Å². The summed E-state index contributed by atoms with van der Waals surface area (Å²) < 4.78 is 5.13. The Kier molecular flexibility index (Phi) is 5.10. The number of carbonyl (C=O) groups is 1. The number of aliphatic hydroxyl groups is 3. The molecule has 9 heteroatoms. The summed E-state index contributed by atoms with van der Waals surface area (Å²) in [7, 11) is 0. The van der Waals surface area contributed by atoms with Crippen LogP contribution in [0.5, 0.6) is 0 Å². The molecule has 0 spiro atoms. The van der Waals surface area contributed by atoms with E-state index in [4.69, 9.17) is 20.7 Å². The van der Waals surface area contributed by atoms with E-state index in [1.165, 1.54) is 0 Å². The molecule has 1 fully saturated rings. The van der Waals surface area contributed by atoms with Crippen LogP contribution in [0.1, 0.15) is 6.42 Å². The van der Waals surface area contributed by atoms with Gasteiger partial charge in [0, 0.05) is 6.42 Å². The van der Waals surface area contributed by atoms with Gasteiger partial charge in [-0.25, -0.2) is 9.79 Å². The van der Waals surface area contributed by atoms with E-state index in [0.717, 1.165) is 0 Å². The molecule has 9 nitrogen and oxygen atoms in total. The molecule has 1 aliphatic rings. The van der Waals surface area contributed by atoms with Crippen molar-refractivity contribution in [1.29, 1.82) is 0 Å². The van der Waals surface area contributed by atoms with Crippen LogP contribution in [-0.4, -0.2) is 59.1 Å². The zero-order chi connectivity index (χ0) is 12.8. The minimum atomic E-state index is -0.825. The Morgan fingerprint density at radius 2 is 2.24 bits per heavy atom. The highest BCUT2D eigenvalue weighted by molar-refractivity contribution is 5.95. The van der Waals surface area contributed by atoms with Gasteiger partial charge < -0.3 is 31.1 Å². The SMILES string of the molecule is NC(=NCO)NC(=O)NC1CC(O)C(CO)O1. The number of nitrogens with one attached hydrogen (secondary N) is 2. The molecule has 17 heavy (non-hydrogen) atoms. The van der Waals surface area contributed by atoms with E-state index in [-0.39, 0.29) is 19.0 Å². The van der Waals surface area contributed by atoms with Crippen molar-refractivity contribution in [2.45, 2.75) is 24.9 Å². The highest BCUT2D eigenvalue weighted by Gasteiger charge is 2.34. The second-order valence-corrected chi connectivity index (χ2v) is 3.43. The fourth-order valence-electron chi connectivity index (χ4n) is 1.40. The van der Waals surface area contributed by atoms with Gasteiger partial charge in [-0.3, -0.25) is 5.32 Å². The fraction of sp³-hybridized carbons (Fsp3) is 0.750.